The first-order valence-electron chi connectivity index (χ1n) is 9.38. The molecule has 2 aliphatic rings. The smallest absolute Gasteiger partial charge is 0.322 e. The number of carbonyl (C=O) groups excluding carboxylic acids is 1. The van der Waals surface area contributed by atoms with Crippen molar-refractivity contribution in [3.8, 4) is 17.1 Å². The number of hydrogen-bond acceptors (Lipinski definition) is 4. The number of benzene rings is 1. The summed E-state index contributed by atoms with van der Waals surface area (Å²) in [5.74, 6) is 0.882. The van der Waals surface area contributed by atoms with Crippen molar-refractivity contribution in [2.75, 3.05) is 11.9 Å². The van der Waals surface area contributed by atoms with Crippen LogP contribution in [0.15, 0.2) is 18.5 Å². The third-order valence-electron chi connectivity index (χ3n) is 5.37. The first-order chi connectivity index (χ1) is 13.0. The van der Waals surface area contributed by atoms with Crippen molar-refractivity contribution in [1.29, 1.82) is 0 Å². The molecule has 3 heterocycles. The highest BCUT2D eigenvalue weighted by Crippen LogP contribution is 2.41. The van der Waals surface area contributed by atoms with Crippen LogP contribution in [0.4, 0.5) is 14.9 Å². The number of aryl methyl sites for hydroxylation is 1. The fourth-order valence-electron chi connectivity index (χ4n) is 4.22. The van der Waals surface area contributed by atoms with E-state index in [4.69, 9.17) is 4.74 Å². The van der Waals surface area contributed by atoms with Crippen molar-refractivity contribution in [3.63, 3.8) is 0 Å². The lowest BCUT2D eigenvalue weighted by atomic mass is 9.74. The van der Waals surface area contributed by atoms with Crippen LogP contribution in [0, 0.1) is 11.7 Å². The molecular formula is C19H24FN5O2. The average Bonchev–Trinajstić information content (AvgIpc) is 3.03. The number of urea groups is 1. The highest BCUT2D eigenvalue weighted by atomic mass is 19.1. The van der Waals surface area contributed by atoms with E-state index in [-0.39, 0.29) is 23.8 Å². The van der Waals surface area contributed by atoms with Crippen molar-refractivity contribution in [2.24, 2.45) is 13.0 Å². The Bertz CT molecular complexity index is 856. The Morgan fingerprint density at radius 1 is 1.33 bits per heavy atom. The molecule has 1 N–H and O–H groups in total. The summed E-state index contributed by atoms with van der Waals surface area (Å²) < 4.78 is 21.7. The maximum atomic E-state index is 14.6. The van der Waals surface area contributed by atoms with Gasteiger partial charge in [-0.05, 0) is 38.2 Å². The lowest BCUT2D eigenvalue weighted by Crippen LogP contribution is -2.63. The van der Waals surface area contributed by atoms with E-state index in [1.165, 1.54) is 6.07 Å². The molecule has 0 radical (unpaired) electrons. The van der Waals surface area contributed by atoms with E-state index in [0.29, 0.717) is 29.7 Å². The lowest BCUT2D eigenvalue weighted by molar-refractivity contribution is -0.00603. The summed E-state index contributed by atoms with van der Waals surface area (Å²) in [6.45, 7) is 4.43. The first-order valence-corrected chi connectivity index (χ1v) is 9.38. The van der Waals surface area contributed by atoms with Crippen LogP contribution in [0.3, 0.4) is 0 Å². The standard InChI is InChI=1S/C19H24FN5O2/c1-4-27-17-9-15(20)16(8-14(17)18-21-10-24(3)23-18)22-19(26)25-12-5-11(2)6-13(25)7-12/h8-13H,4-7H2,1-3H3,(H,22,26)/t11?,12-,13+. The molecule has 1 aromatic heterocycles. The average molecular weight is 373 g/mol. The van der Waals surface area contributed by atoms with Crippen molar-refractivity contribution >= 4 is 11.7 Å². The van der Waals surface area contributed by atoms with Gasteiger partial charge in [0.05, 0.1) is 17.9 Å². The molecule has 0 aliphatic carbocycles. The zero-order valence-corrected chi connectivity index (χ0v) is 15.8. The summed E-state index contributed by atoms with van der Waals surface area (Å²) in [5, 5.41) is 7.01. The molecule has 8 heteroatoms. The number of nitrogens with one attached hydrogen (secondary N) is 1. The van der Waals surface area contributed by atoms with Crippen LogP contribution in [-0.2, 0) is 7.05 Å². The number of aromatic nitrogens is 3. The molecular weight excluding hydrogens is 349 g/mol. The van der Waals surface area contributed by atoms with Crippen LogP contribution in [-0.4, -0.2) is 44.4 Å². The zero-order valence-electron chi connectivity index (χ0n) is 15.8. The minimum atomic E-state index is -0.537. The summed E-state index contributed by atoms with van der Waals surface area (Å²) in [5.41, 5.74) is 0.663. The molecule has 1 unspecified atom stereocenters. The molecule has 3 atom stereocenters. The summed E-state index contributed by atoms with van der Waals surface area (Å²) in [6.07, 6.45) is 4.64. The second-order valence-electron chi connectivity index (χ2n) is 7.46. The molecule has 2 aliphatic heterocycles. The van der Waals surface area contributed by atoms with E-state index in [1.54, 1.807) is 24.1 Å². The molecule has 0 spiro atoms. The number of ether oxygens (including phenoxy) is 1. The zero-order chi connectivity index (χ0) is 19.1. The van der Waals surface area contributed by atoms with Gasteiger partial charge in [0.25, 0.3) is 0 Å². The highest BCUT2D eigenvalue weighted by molar-refractivity contribution is 5.91. The van der Waals surface area contributed by atoms with Gasteiger partial charge >= 0.3 is 6.03 Å². The number of piperidine rings is 1. The third kappa shape index (κ3) is 3.24. The van der Waals surface area contributed by atoms with Crippen LogP contribution in [0.5, 0.6) is 5.75 Å². The van der Waals surface area contributed by atoms with Crippen LogP contribution in [0.1, 0.15) is 33.1 Å². The fourth-order valence-corrected chi connectivity index (χ4v) is 4.22. The Morgan fingerprint density at radius 2 is 2.07 bits per heavy atom. The molecule has 4 rings (SSSR count). The third-order valence-corrected chi connectivity index (χ3v) is 5.37. The van der Waals surface area contributed by atoms with Crippen LogP contribution < -0.4 is 10.1 Å². The number of hydrogen-bond donors (Lipinski definition) is 1. The topological polar surface area (TPSA) is 72.3 Å². The van der Waals surface area contributed by atoms with Crippen LogP contribution in [0.25, 0.3) is 11.4 Å². The van der Waals surface area contributed by atoms with E-state index in [9.17, 15) is 9.18 Å². The largest absolute Gasteiger partial charge is 0.493 e. The predicted molar refractivity (Wildman–Crippen MR) is 99.0 cm³/mol. The first kappa shape index (κ1) is 17.8. The van der Waals surface area contributed by atoms with Crippen LogP contribution in [0.2, 0.25) is 0 Å². The van der Waals surface area contributed by atoms with Gasteiger partial charge in [0.15, 0.2) is 11.6 Å². The van der Waals surface area contributed by atoms with Crippen LogP contribution >= 0.6 is 0 Å². The molecule has 2 amide bonds. The van der Waals surface area contributed by atoms with Gasteiger partial charge in [0, 0.05) is 25.2 Å². The summed E-state index contributed by atoms with van der Waals surface area (Å²) in [6, 6.07) is 3.12. The number of halogens is 1. The van der Waals surface area contributed by atoms with Gasteiger partial charge in [0.2, 0.25) is 0 Å². The predicted octanol–water partition coefficient (Wildman–Crippen LogP) is 3.42. The number of amides is 2. The molecule has 2 saturated heterocycles. The second-order valence-corrected chi connectivity index (χ2v) is 7.46. The minimum Gasteiger partial charge on any atom is -0.493 e. The van der Waals surface area contributed by atoms with E-state index >= 15 is 0 Å². The molecule has 2 aromatic rings. The number of carbonyl (C=O) groups is 1. The molecule has 1 aromatic carbocycles. The molecule has 2 fully saturated rings. The maximum Gasteiger partial charge on any atom is 0.322 e. The van der Waals surface area contributed by atoms with E-state index < -0.39 is 5.82 Å². The summed E-state index contributed by atoms with van der Waals surface area (Å²) >= 11 is 0. The van der Waals surface area contributed by atoms with Gasteiger partial charge in [0.1, 0.15) is 12.1 Å². The number of rotatable bonds is 4. The van der Waals surface area contributed by atoms with Gasteiger partial charge in [-0.3, -0.25) is 4.68 Å². The van der Waals surface area contributed by atoms with E-state index in [2.05, 4.69) is 22.3 Å². The Balaban J connectivity index is 1.60. The second kappa shape index (κ2) is 6.83. The normalized spacial score (nSPS) is 23.7. The SMILES string of the molecule is CCOc1cc(F)c(NC(=O)N2[C@@H]3CC(C)C[C@H]2C3)cc1-c1ncn(C)n1. The Kier molecular flexibility index (Phi) is 4.49. The molecule has 0 saturated carbocycles. The fraction of sp³-hybridized carbons (Fsp3) is 0.526. The molecule has 2 bridgehead atoms. The van der Waals surface area contributed by atoms with Gasteiger partial charge in [-0.15, -0.1) is 0 Å². The summed E-state index contributed by atoms with van der Waals surface area (Å²) in [7, 11) is 1.76. The van der Waals surface area contributed by atoms with Crippen molar-refractivity contribution in [3.05, 3.63) is 24.3 Å². The maximum absolute atomic E-state index is 14.6. The van der Waals surface area contributed by atoms with Crippen molar-refractivity contribution < 1.29 is 13.9 Å². The minimum absolute atomic E-state index is 0.115. The molecule has 144 valence electrons. The Morgan fingerprint density at radius 3 is 2.70 bits per heavy atom. The Hall–Kier alpha value is -2.64. The number of fused-ring (bicyclic) bond motifs is 2. The van der Waals surface area contributed by atoms with Gasteiger partial charge in [-0.1, -0.05) is 6.92 Å². The van der Waals surface area contributed by atoms with Crippen molar-refractivity contribution in [2.45, 2.75) is 45.2 Å². The van der Waals surface area contributed by atoms with E-state index in [0.717, 1.165) is 19.3 Å². The number of nitrogens with zero attached hydrogens (tertiary/aromatic N) is 4. The highest BCUT2D eigenvalue weighted by Gasteiger charge is 2.46. The van der Waals surface area contributed by atoms with Crippen molar-refractivity contribution in [1.82, 2.24) is 19.7 Å². The van der Waals surface area contributed by atoms with Gasteiger partial charge in [-0.25, -0.2) is 14.2 Å². The van der Waals surface area contributed by atoms with E-state index in [1.807, 2.05) is 11.8 Å². The molecule has 7 nitrogen and oxygen atoms in total. The molecule has 27 heavy (non-hydrogen) atoms. The summed E-state index contributed by atoms with van der Waals surface area (Å²) in [4.78, 5) is 18.8. The monoisotopic (exact) mass is 373 g/mol. The Labute approximate surface area is 157 Å². The number of anilines is 1. The van der Waals surface area contributed by atoms with Gasteiger partial charge < -0.3 is 15.0 Å². The lowest BCUT2D eigenvalue weighted by Gasteiger charge is -2.54. The van der Waals surface area contributed by atoms with Gasteiger partial charge in [-0.2, -0.15) is 5.10 Å². The quantitative estimate of drug-likeness (QED) is 0.891.